The zero-order valence-electron chi connectivity index (χ0n) is 19.8. The minimum atomic E-state index is -0.848. The van der Waals surface area contributed by atoms with Crippen LogP contribution in [0.15, 0.2) is 42.5 Å². The monoisotopic (exact) mass is 506 g/mol. The molecule has 0 spiro atoms. The Kier molecular flexibility index (Phi) is 12.1. The van der Waals surface area contributed by atoms with Crippen molar-refractivity contribution in [3.8, 4) is 17.1 Å². The van der Waals surface area contributed by atoms with Crippen LogP contribution in [0.2, 0.25) is 0 Å². The normalized spacial score (nSPS) is 13.4. The molecule has 1 heterocycles. The Labute approximate surface area is 211 Å². The van der Waals surface area contributed by atoms with Crippen molar-refractivity contribution in [2.24, 2.45) is 5.73 Å². The first-order valence-corrected chi connectivity index (χ1v) is 13.2. The van der Waals surface area contributed by atoms with Gasteiger partial charge in [-0.15, -0.1) is 0 Å². The SMILES string of the molecule is CC[C@H](Oc1nc(-c2ccccc2)ccc1NCC(N)CS)C(=O)N[C@@H](CCSC)C(=O)OC. The zero-order valence-corrected chi connectivity index (χ0v) is 21.5. The molecule has 0 saturated heterocycles. The second-order valence-corrected chi connectivity index (χ2v) is 8.97. The molecule has 2 rings (SSSR count). The number of aromatic nitrogens is 1. The van der Waals surface area contributed by atoms with Crippen molar-refractivity contribution in [1.82, 2.24) is 10.3 Å². The number of nitrogens with two attached hydrogens (primary N) is 1. The number of ether oxygens (including phenoxy) is 2. The van der Waals surface area contributed by atoms with Gasteiger partial charge in [-0.3, -0.25) is 4.79 Å². The van der Waals surface area contributed by atoms with Crippen LogP contribution in [0, 0.1) is 0 Å². The fourth-order valence-corrected chi connectivity index (χ4v) is 3.69. The number of nitrogens with one attached hydrogen (secondary N) is 2. The van der Waals surface area contributed by atoms with Crippen LogP contribution in [0.5, 0.6) is 5.88 Å². The number of hydrogen-bond donors (Lipinski definition) is 4. The van der Waals surface area contributed by atoms with Crippen LogP contribution >= 0.6 is 24.4 Å². The zero-order chi connectivity index (χ0) is 24.9. The van der Waals surface area contributed by atoms with Gasteiger partial charge in [0.15, 0.2) is 6.10 Å². The van der Waals surface area contributed by atoms with E-state index in [-0.39, 0.29) is 11.9 Å². The maximum Gasteiger partial charge on any atom is 0.328 e. The maximum atomic E-state index is 13.0. The third-order valence-electron chi connectivity index (χ3n) is 5.05. The predicted octanol–water partition coefficient (Wildman–Crippen LogP) is 2.99. The number of esters is 1. The molecule has 0 bridgehead atoms. The Morgan fingerprint density at radius 1 is 1.21 bits per heavy atom. The number of carbonyl (C=O) groups excluding carboxylic acids is 2. The van der Waals surface area contributed by atoms with Gasteiger partial charge in [0.05, 0.1) is 18.5 Å². The average molecular weight is 507 g/mol. The van der Waals surface area contributed by atoms with Crippen LogP contribution in [-0.2, 0) is 14.3 Å². The summed E-state index contributed by atoms with van der Waals surface area (Å²) in [6.07, 6.45) is 1.94. The van der Waals surface area contributed by atoms with E-state index < -0.39 is 24.0 Å². The molecule has 8 nitrogen and oxygen atoms in total. The van der Waals surface area contributed by atoms with Crippen molar-refractivity contribution in [1.29, 1.82) is 0 Å². The number of anilines is 1. The standard InChI is InChI=1S/C24H34N4O4S2/c1-4-21(22(29)27-20(12-13-34-3)24(30)31-2)32-23-19(26-14-17(25)15-33)11-10-18(28-23)16-8-6-5-7-9-16/h5-11,17,20-21,26,33H,4,12-15,25H2,1-3H3,(H,27,29)/t17?,20-,21-/m0/s1. The number of thioether (sulfide) groups is 1. The van der Waals surface area contributed by atoms with Crippen molar-refractivity contribution in [3.05, 3.63) is 42.5 Å². The fraction of sp³-hybridized carbons (Fsp3) is 0.458. The van der Waals surface area contributed by atoms with Gasteiger partial charge in [0, 0.05) is 23.9 Å². The van der Waals surface area contributed by atoms with Crippen LogP contribution < -0.4 is 21.1 Å². The van der Waals surface area contributed by atoms with Crippen LogP contribution in [-0.4, -0.2) is 66.5 Å². The molecule has 2 aromatic rings. The molecule has 10 heteroatoms. The molecule has 186 valence electrons. The smallest absolute Gasteiger partial charge is 0.328 e. The quantitative estimate of drug-likeness (QED) is 0.228. The molecule has 0 radical (unpaired) electrons. The molecule has 0 aliphatic rings. The molecule has 1 aromatic carbocycles. The third kappa shape index (κ3) is 8.41. The number of thiol groups is 1. The van der Waals surface area contributed by atoms with Crippen LogP contribution in [0.4, 0.5) is 5.69 Å². The highest BCUT2D eigenvalue weighted by Gasteiger charge is 2.27. The number of hydrogen-bond acceptors (Lipinski definition) is 9. The van der Waals surface area contributed by atoms with Crippen molar-refractivity contribution in [2.45, 2.75) is 38.0 Å². The van der Waals surface area contributed by atoms with Crippen LogP contribution in [0.3, 0.4) is 0 Å². The number of pyridine rings is 1. The summed E-state index contributed by atoms with van der Waals surface area (Å²) in [7, 11) is 1.31. The molecule has 1 amide bonds. The lowest BCUT2D eigenvalue weighted by Gasteiger charge is -2.23. The van der Waals surface area contributed by atoms with E-state index in [1.165, 1.54) is 7.11 Å². The Morgan fingerprint density at radius 2 is 1.94 bits per heavy atom. The number of methoxy groups -OCH3 is 1. The van der Waals surface area contributed by atoms with Crippen molar-refractivity contribution in [2.75, 3.05) is 36.7 Å². The number of benzene rings is 1. The molecule has 0 aliphatic carbocycles. The molecule has 3 atom stereocenters. The van der Waals surface area contributed by atoms with Gasteiger partial charge in [-0.2, -0.15) is 24.4 Å². The Morgan fingerprint density at radius 3 is 2.56 bits per heavy atom. The Hall–Kier alpha value is -2.43. The molecule has 0 aliphatic heterocycles. The van der Waals surface area contributed by atoms with Gasteiger partial charge in [0.25, 0.3) is 5.91 Å². The summed E-state index contributed by atoms with van der Waals surface area (Å²) >= 11 is 5.81. The van der Waals surface area contributed by atoms with Crippen molar-refractivity contribution < 1.29 is 19.1 Å². The Bertz CT molecular complexity index is 917. The van der Waals surface area contributed by atoms with E-state index in [1.807, 2.05) is 55.6 Å². The first-order chi connectivity index (χ1) is 16.4. The summed E-state index contributed by atoms with van der Waals surface area (Å²) in [6.45, 7) is 2.30. The maximum absolute atomic E-state index is 13.0. The van der Waals surface area contributed by atoms with E-state index in [9.17, 15) is 9.59 Å². The summed E-state index contributed by atoms with van der Waals surface area (Å²) in [5, 5.41) is 6.01. The number of rotatable bonds is 14. The lowest BCUT2D eigenvalue weighted by molar-refractivity contribution is -0.146. The molecule has 1 aromatic heterocycles. The van der Waals surface area contributed by atoms with Gasteiger partial charge in [0.2, 0.25) is 5.88 Å². The minimum Gasteiger partial charge on any atom is -0.467 e. The van der Waals surface area contributed by atoms with Gasteiger partial charge < -0.3 is 25.8 Å². The second-order valence-electron chi connectivity index (χ2n) is 7.62. The Balaban J connectivity index is 2.27. The van der Waals surface area contributed by atoms with Gasteiger partial charge >= 0.3 is 5.97 Å². The molecule has 1 unspecified atom stereocenters. The molecule has 34 heavy (non-hydrogen) atoms. The second kappa shape index (κ2) is 14.7. The molecule has 4 N–H and O–H groups in total. The molecule has 0 saturated carbocycles. The van der Waals surface area contributed by atoms with Gasteiger partial charge in [-0.05, 0) is 37.0 Å². The highest BCUT2D eigenvalue weighted by atomic mass is 32.2. The van der Waals surface area contributed by atoms with Crippen molar-refractivity contribution >= 4 is 42.0 Å². The summed E-state index contributed by atoms with van der Waals surface area (Å²) in [5.41, 5.74) is 8.25. The average Bonchev–Trinajstić information content (AvgIpc) is 2.88. The van der Waals surface area contributed by atoms with E-state index >= 15 is 0 Å². The van der Waals surface area contributed by atoms with Crippen molar-refractivity contribution in [3.63, 3.8) is 0 Å². The van der Waals surface area contributed by atoms with E-state index in [4.69, 9.17) is 15.2 Å². The van der Waals surface area contributed by atoms with E-state index in [0.29, 0.717) is 42.3 Å². The van der Waals surface area contributed by atoms with E-state index in [0.717, 1.165) is 5.56 Å². The van der Waals surface area contributed by atoms with Gasteiger partial charge in [-0.25, -0.2) is 9.78 Å². The predicted molar refractivity (Wildman–Crippen MR) is 142 cm³/mol. The summed E-state index contributed by atoms with van der Waals surface area (Å²) < 4.78 is 10.9. The van der Waals surface area contributed by atoms with Gasteiger partial charge in [0.1, 0.15) is 6.04 Å². The fourth-order valence-electron chi connectivity index (χ4n) is 3.09. The summed E-state index contributed by atoms with van der Waals surface area (Å²) in [6, 6.07) is 12.5. The third-order valence-corrected chi connectivity index (χ3v) is 6.16. The largest absolute Gasteiger partial charge is 0.467 e. The van der Waals surface area contributed by atoms with Crippen LogP contribution in [0.25, 0.3) is 11.3 Å². The van der Waals surface area contributed by atoms with Crippen LogP contribution in [0.1, 0.15) is 19.8 Å². The molecular formula is C24H34N4O4S2. The van der Waals surface area contributed by atoms with Gasteiger partial charge in [-0.1, -0.05) is 37.3 Å². The number of carbonyl (C=O) groups is 2. The summed E-state index contributed by atoms with van der Waals surface area (Å²) in [5.74, 6) is 0.628. The lowest BCUT2D eigenvalue weighted by Crippen LogP contribution is -2.47. The first kappa shape index (κ1) is 27.8. The molecule has 0 fully saturated rings. The highest BCUT2D eigenvalue weighted by Crippen LogP contribution is 2.28. The first-order valence-electron chi connectivity index (χ1n) is 11.1. The highest BCUT2D eigenvalue weighted by molar-refractivity contribution is 7.98. The molecular weight excluding hydrogens is 472 g/mol. The number of nitrogens with zero attached hydrogens (tertiary/aromatic N) is 1. The lowest BCUT2D eigenvalue weighted by atomic mass is 10.1. The summed E-state index contributed by atoms with van der Waals surface area (Å²) in [4.78, 5) is 29.8. The van der Waals surface area contributed by atoms with E-state index in [2.05, 4.69) is 28.2 Å². The van der Waals surface area contributed by atoms with E-state index in [1.54, 1.807) is 11.8 Å². The minimum absolute atomic E-state index is 0.160. The number of amides is 1. The topological polar surface area (TPSA) is 116 Å².